The first kappa shape index (κ1) is 21.4. The van der Waals surface area contributed by atoms with Gasteiger partial charge in [-0.3, -0.25) is 0 Å². The van der Waals surface area contributed by atoms with Gasteiger partial charge in [-0.1, -0.05) is 37.6 Å². The molecule has 2 aromatic rings. The number of hydrogen-bond donors (Lipinski definition) is 1. The lowest BCUT2D eigenvalue weighted by Gasteiger charge is -2.31. The maximum Gasteiger partial charge on any atom is 0.407 e. The van der Waals surface area contributed by atoms with E-state index in [2.05, 4.69) is 31.1 Å². The number of allylic oxidation sites excluding steroid dienone is 1. The molecule has 2 fully saturated rings. The monoisotopic (exact) mass is 422 g/mol. The lowest BCUT2D eigenvalue weighted by molar-refractivity contribution is -0.0366. The summed E-state index contributed by atoms with van der Waals surface area (Å²) in [5, 5.41) is 25.0. The summed E-state index contributed by atoms with van der Waals surface area (Å²) in [5.41, 5.74) is 2.81. The number of aromatic nitrogens is 2. The van der Waals surface area contributed by atoms with Gasteiger partial charge in [0.25, 0.3) is 0 Å². The third-order valence-corrected chi connectivity index (χ3v) is 6.54. The molecule has 1 aromatic carbocycles. The van der Waals surface area contributed by atoms with E-state index in [1.54, 1.807) is 0 Å². The van der Waals surface area contributed by atoms with Crippen LogP contribution < -0.4 is 0 Å². The van der Waals surface area contributed by atoms with Gasteiger partial charge in [0.05, 0.1) is 23.7 Å². The van der Waals surface area contributed by atoms with Gasteiger partial charge >= 0.3 is 6.09 Å². The van der Waals surface area contributed by atoms with Gasteiger partial charge < -0.3 is 14.7 Å². The largest absolute Gasteiger partial charge is 0.465 e. The van der Waals surface area contributed by atoms with Crippen molar-refractivity contribution in [3.63, 3.8) is 0 Å². The number of nitrogens with zero attached hydrogens (tertiary/aromatic N) is 4. The number of fused-ring (bicyclic) bond motifs is 1. The molecule has 2 unspecified atom stereocenters. The zero-order chi connectivity index (χ0) is 22.0. The summed E-state index contributed by atoms with van der Waals surface area (Å²) in [6.07, 6.45) is 7.75. The maximum absolute atomic E-state index is 11.2. The molecule has 164 valence electrons. The molecule has 7 nitrogen and oxygen atoms in total. The zero-order valence-corrected chi connectivity index (χ0v) is 18.3. The Morgan fingerprint density at radius 2 is 2.13 bits per heavy atom. The second kappa shape index (κ2) is 8.72. The molecular formula is C24H30N4O3. The molecule has 0 aliphatic carbocycles. The molecule has 0 saturated carbocycles. The smallest absolute Gasteiger partial charge is 0.407 e. The number of amides is 1. The van der Waals surface area contributed by atoms with Crippen LogP contribution in [0.25, 0.3) is 10.9 Å². The Balaban J connectivity index is 1.63. The Bertz CT molecular complexity index is 1020. The van der Waals surface area contributed by atoms with Crippen LogP contribution in [-0.2, 0) is 4.74 Å². The lowest BCUT2D eigenvalue weighted by Crippen LogP contribution is -2.35. The fourth-order valence-electron chi connectivity index (χ4n) is 4.87. The number of rotatable bonds is 4. The van der Waals surface area contributed by atoms with Crippen LogP contribution in [0.15, 0.2) is 36.0 Å². The molecule has 0 spiro atoms. The lowest BCUT2D eigenvalue weighted by atomic mass is 9.73. The van der Waals surface area contributed by atoms with Crippen molar-refractivity contribution >= 4 is 17.0 Å². The van der Waals surface area contributed by atoms with E-state index in [-0.39, 0.29) is 12.1 Å². The van der Waals surface area contributed by atoms with E-state index >= 15 is 0 Å². The molecule has 2 atom stereocenters. The number of carbonyl (C=O) groups is 1. The number of piperidine rings is 1. The standard InChI is InChI=1S/C24H30N4O3/c1-24(2,14-17-9-11-27(12-10-17)23(29)30)20(15-25)18-6-5-7-21-19(18)16-26-28(21)22-8-3-4-13-31-22/h5-7,14,16,20,22H,3-4,8-13H2,1-2H3,(H,29,30). The summed E-state index contributed by atoms with van der Waals surface area (Å²) in [7, 11) is 0. The molecule has 1 amide bonds. The summed E-state index contributed by atoms with van der Waals surface area (Å²) >= 11 is 0. The van der Waals surface area contributed by atoms with Crippen LogP contribution in [-0.4, -0.2) is 45.6 Å². The predicted octanol–water partition coefficient (Wildman–Crippen LogP) is 5.07. The molecule has 2 aliphatic rings. The first-order chi connectivity index (χ1) is 14.9. The molecule has 1 aromatic heterocycles. The van der Waals surface area contributed by atoms with Crippen LogP contribution >= 0.6 is 0 Å². The Morgan fingerprint density at radius 3 is 2.77 bits per heavy atom. The molecule has 7 heteroatoms. The van der Waals surface area contributed by atoms with E-state index in [9.17, 15) is 15.2 Å². The molecule has 2 aliphatic heterocycles. The maximum atomic E-state index is 11.2. The van der Waals surface area contributed by atoms with Crippen molar-refractivity contribution in [1.82, 2.24) is 14.7 Å². The summed E-state index contributed by atoms with van der Waals surface area (Å²) in [5.74, 6) is -0.342. The van der Waals surface area contributed by atoms with Gasteiger partial charge in [0, 0.05) is 30.5 Å². The molecular weight excluding hydrogens is 392 g/mol. The minimum atomic E-state index is -0.862. The number of likely N-dealkylation sites (tertiary alicyclic amines) is 1. The molecule has 0 radical (unpaired) electrons. The van der Waals surface area contributed by atoms with Gasteiger partial charge in [0.1, 0.15) is 0 Å². The topological polar surface area (TPSA) is 91.4 Å². The van der Waals surface area contributed by atoms with Crippen LogP contribution in [0.5, 0.6) is 0 Å². The van der Waals surface area contributed by atoms with Crippen LogP contribution in [0.3, 0.4) is 0 Å². The van der Waals surface area contributed by atoms with Crippen molar-refractivity contribution in [3.8, 4) is 6.07 Å². The van der Waals surface area contributed by atoms with Crippen molar-refractivity contribution in [2.75, 3.05) is 19.7 Å². The highest BCUT2D eigenvalue weighted by atomic mass is 16.5. The van der Waals surface area contributed by atoms with E-state index in [1.165, 1.54) is 10.5 Å². The van der Waals surface area contributed by atoms with Gasteiger partial charge in [-0.05, 0) is 43.7 Å². The fourth-order valence-corrected chi connectivity index (χ4v) is 4.87. The van der Waals surface area contributed by atoms with Crippen LogP contribution in [0, 0.1) is 16.7 Å². The average Bonchev–Trinajstić information content (AvgIpc) is 3.20. The minimum Gasteiger partial charge on any atom is -0.465 e. The number of nitriles is 1. The van der Waals surface area contributed by atoms with Crippen LogP contribution in [0.2, 0.25) is 0 Å². The van der Waals surface area contributed by atoms with Gasteiger partial charge in [-0.2, -0.15) is 10.4 Å². The first-order valence-electron chi connectivity index (χ1n) is 11.1. The summed E-state index contributed by atoms with van der Waals surface area (Å²) in [4.78, 5) is 12.6. The van der Waals surface area contributed by atoms with Gasteiger partial charge in [0.2, 0.25) is 0 Å². The Labute approximate surface area is 182 Å². The third-order valence-electron chi connectivity index (χ3n) is 6.54. The fraction of sp³-hybridized carbons (Fsp3) is 0.542. The Hall–Kier alpha value is -2.85. The zero-order valence-electron chi connectivity index (χ0n) is 18.3. The third kappa shape index (κ3) is 4.31. The SMILES string of the molecule is CC(C)(C=C1CCN(C(=O)O)CC1)C(C#N)c1cccc2c1cnn2C1CCCCO1. The van der Waals surface area contributed by atoms with Gasteiger partial charge in [0.15, 0.2) is 6.23 Å². The normalized spacial score (nSPS) is 21.0. The van der Waals surface area contributed by atoms with Crippen molar-refractivity contribution in [3.05, 3.63) is 41.6 Å². The highest BCUT2D eigenvalue weighted by Gasteiger charge is 2.32. The molecule has 3 heterocycles. The summed E-state index contributed by atoms with van der Waals surface area (Å²) in [6, 6.07) is 8.61. The minimum absolute atomic E-state index is 0.0448. The second-order valence-electron chi connectivity index (χ2n) is 9.15. The molecule has 0 bridgehead atoms. The van der Waals surface area contributed by atoms with Crippen molar-refractivity contribution in [2.45, 2.75) is 58.1 Å². The first-order valence-corrected chi connectivity index (χ1v) is 11.1. The Kier molecular flexibility index (Phi) is 6.01. The van der Waals surface area contributed by atoms with E-state index in [0.29, 0.717) is 13.1 Å². The van der Waals surface area contributed by atoms with E-state index in [0.717, 1.165) is 55.2 Å². The number of carboxylic acid groups (broad SMARTS) is 1. The molecule has 4 rings (SSSR count). The van der Waals surface area contributed by atoms with Crippen LogP contribution in [0.4, 0.5) is 4.79 Å². The van der Waals surface area contributed by atoms with Crippen LogP contribution in [0.1, 0.15) is 63.7 Å². The molecule has 1 N–H and O–H groups in total. The molecule has 31 heavy (non-hydrogen) atoms. The van der Waals surface area contributed by atoms with Gasteiger partial charge in [-0.15, -0.1) is 0 Å². The average molecular weight is 423 g/mol. The van der Waals surface area contributed by atoms with E-state index in [1.807, 2.05) is 29.1 Å². The number of benzene rings is 1. The van der Waals surface area contributed by atoms with Crippen molar-refractivity contribution in [1.29, 1.82) is 5.26 Å². The van der Waals surface area contributed by atoms with Gasteiger partial charge in [-0.25, -0.2) is 9.48 Å². The predicted molar refractivity (Wildman–Crippen MR) is 118 cm³/mol. The van der Waals surface area contributed by atoms with Crippen molar-refractivity contribution < 1.29 is 14.6 Å². The summed E-state index contributed by atoms with van der Waals surface area (Å²) in [6.45, 7) is 5.96. The number of hydrogen-bond acceptors (Lipinski definition) is 4. The van der Waals surface area contributed by atoms with E-state index in [4.69, 9.17) is 4.74 Å². The van der Waals surface area contributed by atoms with E-state index < -0.39 is 11.5 Å². The summed E-state index contributed by atoms with van der Waals surface area (Å²) < 4.78 is 7.89. The Morgan fingerprint density at radius 1 is 1.35 bits per heavy atom. The van der Waals surface area contributed by atoms with Crippen molar-refractivity contribution in [2.24, 2.45) is 5.41 Å². The highest BCUT2D eigenvalue weighted by molar-refractivity contribution is 5.83. The highest BCUT2D eigenvalue weighted by Crippen LogP contribution is 2.41. The second-order valence-corrected chi connectivity index (χ2v) is 9.15. The number of ether oxygens (including phenoxy) is 1. The quantitative estimate of drug-likeness (QED) is 0.695. The molecule has 2 saturated heterocycles.